The molecule has 1 aliphatic heterocycles. The van der Waals surface area contributed by atoms with Crippen molar-refractivity contribution in [2.75, 3.05) is 26.7 Å². The van der Waals surface area contributed by atoms with E-state index in [0.29, 0.717) is 6.42 Å². The minimum atomic E-state index is -0.585. The van der Waals surface area contributed by atoms with Gasteiger partial charge in [-0.25, -0.2) is 0 Å². The Kier molecular flexibility index (Phi) is 10.8. The van der Waals surface area contributed by atoms with E-state index in [1.807, 2.05) is 57.9 Å². The molecule has 2 aromatic carbocycles. The van der Waals surface area contributed by atoms with Gasteiger partial charge in [0.25, 0.3) is 0 Å². The third-order valence-corrected chi connectivity index (χ3v) is 8.10. The van der Waals surface area contributed by atoms with Gasteiger partial charge in [0, 0.05) is 0 Å². The van der Waals surface area contributed by atoms with Gasteiger partial charge in [0.05, 0.1) is 0 Å². The number of benzene rings is 2. The van der Waals surface area contributed by atoms with E-state index in [0.717, 1.165) is 43.5 Å². The fourth-order valence-electron chi connectivity index (χ4n) is 4.03. The molecule has 1 aliphatic rings. The largest absolute Gasteiger partial charge is 0.412 e. The first-order chi connectivity index (χ1) is 14.1. The molecule has 9 nitrogen and oxygen atoms in total. The summed E-state index contributed by atoms with van der Waals surface area (Å²) in [5.74, 6) is 0.226. The molecule has 0 spiro atoms. The molecule has 7 N–H and O–H groups in total. The monoisotopic (exact) mass is 506 g/mol. The zero-order chi connectivity index (χ0) is 20.2. The second-order valence-electron chi connectivity index (χ2n) is 7.57. The number of nitrogens with zero attached hydrogens (tertiary/aromatic N) is 3. The summed E-state index contributed by atoms with van der Waals surface area (Å²) in [6.07, 6.45) is 2.43. The molecule has 0 atom stereocenters. The minimum absolute atomic E-state index is 0. The molecular formula is C22H32GeN4O5. The van der Waals surface area contributed by atoms with Gasteiger partial charge in [-0.15, -0.1) is 0 Å². The van der Waals surface area contributed by atoms with E-state index in [4.69, 9.17) is 0 Å². The summed E-state index contributed by atoms with van der Waals surface area (Å²) < 4.78 is 5.11. The fourth-order valence-corrected chi connectivity index (χ4v) is 6.05. The second-order valence-corrected chi connectivity index (χ2v) is 10.7. The molecular weight excluding hydrogens is 473 g/mol. The van der Waals surface area contributed by atoms with E-state index in [1.54, 1.807) is 0 Å². The summed E-state index contributed by atoms with van der Waals surface area (Å²) in [7, 11) is 1.92. The van der Waals surface area contributed by atoms with Crippen molar-refractivity contribution < 1.29 is 21.2 Å². The Hall–Kier alpha value is -2.44. The van der Waals surface area contributed by atoms with Gasteiger partial charge in [0.15, 0.2) is 0 Å². The molecule has 1 amide bonds. The maximum atomic E-state index is 12.5. The predicted molar refractivity (Wildman–Crippen MR) is 127 cm³/mol. The van der Waals surface area contributed by atoms with Crippen molar-refractivity contribution in [1.82, 2.24) is 18.3 Å². The van der Waals surface area contributed by atoms with Crippen LogP contribution in [0.5, 0.6) is 0 Å². The minimum Gasteiger partial charge on any atom is -0.412 e. The van der Waals surface area contributed by atoms with Gasteiger partial charge in [0.2, 0.25) is 0 Å². The molecule has 3 aromatic rings. The fraction of sp³-hybridized carbons (Fsp3) is 0.364. The number of likely N-dealkylation sites (tertiary alicyclic amines) is 1. The average Bonchev–Trinajstić information content (AvgIpc) is 3.08. The maximum absolute atomic E-state index is 12.5. The molecule has 0 bridgehead atoms. The SMILES string of the molecule is C[N]([Ge][c]1ccccc1)C(=O)CCN1CCC(n2c(=O)[nH]c3ccccc32)CC1.O.O.O. The number of H-pyrrole nitrogens is 1. The number of aromatic nitrogens is 2. The number of para-hydroxylation sites is 2. The van der Waals surface area contributed by atoms with Crippen LogP contribution in [0.1, 0.15) is 25.3 Å². The third-order valence-electron chi connectivity index (χ3n) is 5.63. The molecule has 1 fully saturated rings. The van der Waals surface area contributed by atoms with Crippen LogP contribution >= 0.6 is 0 Å². The summed E-state index contributed by atoms with van der Waals surface area (Å²) in [5.41, 5.74) is 1.86. The quantitative estimate of drug-likeness (QED) is 0.440. The van der Waals surface area contributed by atoms with Crippen LogP contribution in [0.15, 0.2) is 59.4 Å². The topological polar surface area (TPSA) is 156 Å². The first kappa shape index (κ1) is 27.6. The zero-order valence-corrected chi connectivity index (χ0v) is 20.3. The number of piperidine rings is 1. The number of fused-ring (bicyclic) bond motifs is 1. The van der Waals surface area contributed by atoms with Crippen LogP contribution < -0.4 is 10.1 Å². The average molecular weight is 505 g/mol. The number of carbonyl (C=O) groups is 1. The van der Waals surface area contributed by atoms with Crippen LogP contribution in [0.4, 0.5) is 0 Å². The Bertz CT molecular complexity index is 1030. The van der Waals surface area contributed by atoms with Crippen LogP contribution in [0.3, 0.4) is 0 Å². The molecule has 0 saturated carbocycles. The Balaban J connectivity index is 0.00000171. The predicted octanol–water partition coefficient (Wildman–Crippen LogP) is -0.714. The summed E-state index contributed by atoms with van der Waals surface area (Å²) in [6, 6.07) is 18.3. The third kappa shape index (κ3) is 6.30. The molecule has 1 aromatic heterocycles. The molecule has 32 heavy (non-hydrogen) atoms. The van der Waals surface area contributed by atoms with E-state index >= 15 is 0 Å². The molecule has 2 heterocycles. The van der Waals surface area contributed by atoms with Crippen molar-refractivity contribution in [2.24, 2.45) is 0 Å². The zero-order valence-electron chi connectivity index (χ0n) is 18.2. The molecule has 2 radical (unpaired) electrons. The Morgan fingerprint density at radius 3 is 2.34 bits per heavy atom. The number of amides is 1. The van der Waals surface area contributed by atoms with Gasteiger partial charge in [0.1, 0.15) is 0 Å². The van der Waals surface area contributed by atoms with Gasteiger partial charge in [-0.1, -0.05) is 6.07 Å². The van der Waals surface area contributed by atoms with Crippen LogP contribution in [0.2, 0.25) is 0 Å². The summed E-state index contributed by atoms with van der Waals surface area (Å²) in [6.45, 7) is 2.63. The number of imidazole rings is 1. The van der Waals surface area contributed by atoms with Gasteiger partial charge in [-0.2, -0.15) is 0 Å². The smallest absolute Gasteiger partial charge is 0.412 e. The van der Waals surface area contributed by atoms with Crippen molar-refractivity contribution >= 4 is 37.0 Å². The van der Waals surface area contributed by atoms with E-state index < -0.39 is 15.7 Å². The Morgan fingerprint density at radius 2 is 1.66 bits per heavy atom. The first-order valence-corrected chi connectivity index (χ1v) is 12.1. The van der Waals surface area contributed by atoms with Crippen LogP contribution in [0.25, 0.3) is 11.0 Å². The number of hydrogen-bond acceptors (Lipinski definition) is 3. The van der Waals surface area contributed by atoms with Crippen molar-refractivity contribution in [1.29, 1.82) is 0 Å². The normalized spacial score (nSPS) is 14.2. The maximum Gasteiger partial charge on any atom is -0.412 e. The second kappa shape index (κ2) is 12.6. The van der Waals surface area contributed by atoms with Gasteiger partial charge in [-0.3, -0.25) is 0 Å². The molecule has 0 aliphatic carbocycles. The number of carbonyl (C=O) groups excluding carboxylic acids is 1. The van der Waals surface area contributed by atoms with Crippen LogP contribution in [-0.4, -0.2) is 83.0 Å². The standard InChI is InChI=1S/C22H26GeN4O2.3H2O/c1-25(23-17-7-3-2-4-8-17)21(28)13-16-26-14-11-18(12-15-26)27-20-10-6-5-9-19(20)24-22(27)29;;;/h2-10,18H,11-16H2,1H3,(H,24,29);3*1H2. The number of aromatic amines is 1. The Labute approximate surface area is 193 Å². The molecule has 0 unspecified atom stereocenters. The van der Waals surface area contributed by atoms with Gasteiger partial charge < -0.3 is 16.4 Å². The summed E-state index contributed by atoms with van der Waals surface area (Å²) >= 11 is -0.585. The van der Waals surface area contributed by atoms with Gasteiger partial charge >= 0.3 is 171 Å². The Morgan fingerprint density at radius 1 is 1.03 bits per heavy atom. The van der Waals surface area contributed by atoms with Crippen molar-refractivity contribution in [3.63, 3.8) is 0 Å². The summed E-state index contributed by atoms with van der Waals surface area (Å²) in [4.78, 5) is 30.2. The summed E-state index contributed by atoms with van der Waals surface area (Å²) in [5, 5.41) is 0. The first-order valence-electron chi connectivity index (χ1n) is 10.1. The number of hydrogen-bond donors (Lipinski definition) is 1. The van der Waals surface area contributed by atoms with Crippen LogP contribution in [-0.2, 0) is 4.79 Å². The molecule has 4 rings (SSSR count). The van der Waals surface area contributed by atoms with E-state index in [9.17, 15) is 9.59 Å². The van der Waals surface area contributed by atoms with Gasteiger partial charge in [-0.05, 0) is 0 Å². The van der Waals surface area contributed by atoms with E-state index in [-0.39, 0.29) is 34.1 Å². The number of rotatable bonds is 6. The van der Waals surface area contributed by atoms with Crippen molar-refractivity contribution in [3.8, 4) is 0 Å². The van der Waals surface area contributed by atoms with Crippen molar-refractivity contribution in [2.45, 2.75) is 25.3 Å². The molecule has 1 saturated heterocycles. The van der Waals surface area contributed by atoms with Crippen LogP contribution in [0, 0.1) is 0 Å². The van der Waals surface area contributed by atoms with E-state index in [1.165, 1.54) is 4.40 Å². The molecule has 174 valence electrons. The number of nitrogens with one attached hydrogen (secondary N) is 1. The van der Waals surface area contributed by atoms with Crippen molar-refractivity contribution in [3.05, 3.63) is 65.1 Å². The van der Waals surface area contributed by atoms with E-state index in [2.05, 4.69) is 22.0 Å². The molecule has 10 heteroatoms.